The first-order valence-corrected chi connectivity index (χ1v) is 8.68. The van der Waals surface area contributed by atoms with Gasteiger partial charge in [-0.2, -0.15) is 0 Å². The lowest BCUT2D eigenvalue weighted by molar-refractivity contribution is 0.0929. The zero-order valence-corrected chi connectivity index (χ0v) is 14.7. The molecule has 1 amide bonds. The Morgan fingerprint density at radius 2 is 1.81 bits per heavy atom. The molecule has 4 nitrogen and oxygen atoms in total. The molecule has 1 heterocycles. The maximum Gasteiger partial charge on any atom is 0.252 e. The van der Waals surface area contributed by atoms with E-state index in [1.165, 1.54) is 0 Å². The smallest absolute Gasteiger partial charge is 0.252 e. The van der Waals surface area contributed by atoms with E-state index in [1.54, 1.807) is 6.20 Å². The van der Waals surface area contributed by atoms with Crippen LogP contribution in [0.3, 0.4) is 0 Å². The number of carbonyl (C=O) groups excluding carboxylic acids is 1. The molecule has 0 bridgehead atoms. The highest BCUT2D eigenvalue weighted by molar-refractivity contribution is 5.97. The molecule has 4 heteroatoms. The fraction of sp³-hybridized carbons (Fsp3) is 0.182. The Hall–Kier alpha value is -2.98. The van der Waals surface area contributed by atoms with Crippen LogP contribution in [-0.4, -0.2) is 22.6 Å². The summed E-state index contributed by atoms with van der Waals surface area (Å²) in [5, 5.41) is 12.4. The van der Waals surface area contributed by atoms with Crippen molar-refractivity contribution in [2.24, 2.45) is 0 Å². The van der Waals surface area contributed by atoms with Gasteiger partial charge >= 0.3 is 0 Å². The lowest BCUT2D eigenvalue weighted by Crippen LogP contribution is -2.29. The number of aliphatic hydroxyl groups excluding tert-OH is 1. The van der Waals surface area contributed by atoms with Crippen molar-refractivity contribution in [2.45, 2.75) is 19.4 Å². The average molecular weight is 346 g/mol. The minimum atomic E-state index is -0.230. The van der Waals surface area contributed by atoms with Crippen LogP contribution in [0.5, 0.6) is 0 Å². The third kappa shape index (κ3) is 3.98. The monoisotopic (exact) mass is 346 g/mol. The van der Waals surface area contributed by atoms with E-state index in [2.05, 4.69) is 10.3 Å². The Labute approximate surface area is 153 Å². The van der Waals surface area contributed by atoms with E-state index in [9.17, 15) is 9.90 Å². The number of rotatable bonds is 6. The van der Waals surface area contributed by atoms with Gasteiger partial charge in [-0.3, -0.25) is 9.78 Å². The predicted molar refractivity (Wildman–Crippen MR) is 103 cm³/mol. The van der Waals surface area contributed by atoms with Gasteiger partial charge in [0.25, 0.3) is 5.91 Å². The van der Waals surface area contributed by atoms with E-state index < -0.39 is 0 Å². The van der Waals surface area contributed by atoms with Gasteiger partial charge in [0.15, 0.2) is 0 Å². The van der Waals surface area contributed by atoms with Crippen LogP contribution in [0.1, 0.15) is 33.9 Å². The second-order valence-electron chi connectivity index (χ2n) is 6.14. The van der Waals surface area contributed by atoms with E-state index in [1.807, 2.05) is 73.7 Å². The minimum Gasteiger partial charge on any atom is -0.396 e. The number of hydrogen-bond acceptors (Lipinski definition) is 3. The number of nitrogens with zero attached hydrogens (tertiary/aromatic N) is 1. The molecule has 0 aliphatic carbocycles. The normalized spacial score (nSPS) is 11.8. The molecule has 3 rings (SSSR count). The van der Waals surface area contributed by atoms with Gasteiger partial charge in [-0.15, -0.1) is 0 Å². The molecule has 0 saturated carbocycles. The molecule has 1 aromatic heterocycles. The molecule has 3 aromatic rings. The Balaban J connectivity index is 1.88. The van der Waals surface area contributed by atoms with Gasteiger partial charge in [0.1, 0.15) is 0 Å². The van der Waals surface area contributed by atoms with Crippen LogP contribution in [-0.2, 0) is 0 Å². The van der Waals surface area contributed by atoms with E-state index in [0.29, 0.717) is 12.0 Å². The summed E-state index contributed by atoms with van der Waals surface area (Å²) in [6.07, 6.45) is 2.21. The molecule has 0 saturated heterocycles. The fourth-order valence-electron chi connectivity index (χ4n) is 3.05. The van der Waals surface area contributed by atoms with Crippen molar-refractivity contribution in [2.75, 3.05) is 6.61 Å². The van der Waals surface area contributed by atoms with Gasteiger partial charge in [-0.1, -0.05) is 48.5 Å². The Bertz CT molecular complexity index is 864. The highest BCUT2D eigenvalue weighted by Gasteiger charge is 2.18. The molecule has 26 heavy (non-hydrogen) atoms. The SMILES string of the molecule is Cc1c(C(=O)NC(CCO)c2ccccc2)cccc1-c1ccccn1. The van der Waals surface area contributed by atoms with Gasteiger partial charge in [0.2, 0.25) is 0 Å². The molecular weight excluding hydrogens is 324 g/mol. The van der Waals surface area contributed by atoms with Crippen LogP contribution in [0.15, 0.2) is 72.9 Å². The van der Waals surface area contributed by atoms with E-state index >= 15 is 0 Å². The number of benzene rings is 2. The summed E-state index contributed by atoms with van der Waals surface area (Å²) in [7, 11) is 0. The summed E-state index contributed by atoms with van der Waals surface area (Å²) < 4.78 is 0. The van der Waals surface area contributed by atoms with Crippen LogP contribution in [0.4, 0.5) is 0 Å². The zero-order valence-electron chi connectivity index (χ0n) is 14.7. The molecule has 0 fully saturated rings. The van der Waals surface area contributed by atoms with Gasteiger partial charge < -0.3 is 10.4 Å². The number of amides is 1. The van der Waals surface area contributed by atoms with Crippen molar-refractivity contribution in [1.82, 2.24) is 10.3 Å². The summed E-state index contributed by atoms with van der Waals surface area (Å²) in [6.45, 7) is 1.94. The molecule has 1 atom stereocenters. The maximum atomic E-state index is 12.9. The Morgan fingerprint density at radius 1 is 1.04 bits per heavy atom. The molecule has 0 aliphatic rings. The second-order valence-corrected chi connectivity index (χ2v) is 6.14. The average Bonchev–Trinajstić information content (AvgIpc) is 2.69. The van der Waals surface area contributed by atoms with E-state index in [0.717, 1.165) is 22.4 Å². The zero-order chi connectivity index (χ0) is 18.4. The third-order valence-corrected chi connectivity index (χ3v) is 4.44. The number of hydrogen-bond donors (Lipinski definition) is 2. The van der Waals surface area contributed by atoms with E-state index in [-0.39, 0.29) is 18.6 Å². The highest BCUT2D eigenvalue weighted by atomic mass is 16.3. The number of pyridine rings is 1. The lowest BCUT2D eigenvalue weighted by Gasteiger charge is -2.19. The fourth-order valence-corrected chi connectivity index (χ4v) is 3.05. The van der Waals surface area contributed by atoms with Gasteiger partial charge in [-0.05, 0) is 42.7 Å². The first-order chi connectivity index (χ1) is 12.7. The van der Waals surface area contributed by atoms with Crippen LogP contribution < -0.4 is 5.32 Å². The number of nitrogens with one attached hydrogen (secondary N) is 1. The number of carbonyl (C=O) groups is 1. The summed E-state index contributed by atoms with van der Waals surface area (Å²) in [6, 6.07) is 20.9. The number of aliphatic hydroxyl groups is 1. The van der Waals surface area contributed by atoms with Crippen LogP contribution in [0.2, 0.25) is 0 Å². The van der Waals surface area contributed by atoms with Crippen molar-refractivity contribution in [1.29, 1.82) is 0 Å². The van der Waals surface area contributed by atoms with Crippen molar-refractivity contribution in [3.63, 3.8) is 0 Å². The van der Waals surface area contributed by atoms with Crippen molar-refractivity contribution < 1.29 is 9.90 Å². The lowest BCUT2D eigenvalue weighted by atomic mass is 9.98. The Kier molecular flexibility index (Phi) is 5.77. The van der Waals surface area contributed by atoms with Crippen LogP contribution in [0, 0.1) is 6.92 Å². The summed E-state index contributed by atoms with van der Waals surface area (Å²) in [5.41, 5.74) is 4.27. The second kappa shape index (κ2) is 8.41. The maximum absolute atomic E-state index is 12.9. The summed E-state index contributed by atoms with van der Waals surface area (Å²) >= 11 is 0. The van der Waals surface area contributed by atoms with Crippen LogP contribution in [0.25, 0.3) is 11.3 Å². The third-order valence-electron chi connectivity index (χ3n) is 4.44. The topological polar surface area (TPSA) is 62.2 Å². The number of aromatic nitrogens is 1. The molecule has 2 N–H and O–H groups in total. The van der Waals surface area contributed by atoms with Crippen molar-refractivity contribution in [3.8, 4) is 11.3 Å². The highest BCUT2D eigenvalue weighted by Crippen LogP contribution is 2.25. The molecular formula is C22H22N2O2. The minimum absolute atomic E-state index is 0.00674. The summed E-state index contributed by atoms with van der Waals surface area (Å²) in [5.74, 6) is -0.150. The van der Waals surface area contributed by atoms with Gasteiger partial charge in [0, 0.05) is 23.9 Å². The Morgan fingerprint density at radius 3 is 2.50 bits per heavy atom. The summed E-state index contributed by atoms with van der Waals surface area (Å²) in [4.78, 5) is 17.3. The molecule has 1 unspecified atom stereocenters. The first kappa shape index (κ1) is 17.8. The molecule has 2 aromatic carbocycles. The molecule has 0 radical (unpaired) electrons. The first-order valence-electron chi connectivity index (χ1n) is 8.68. The molecule has 0 aliphatic heterocycles. The molecule has 132 valence electrons. The van der Waals surface area contributed by atoms with Crippen LogP contribution >= 0.6 is 0 Å². The van der Waals surface area contributed by atoms with Crippen molar-refractivity contribution in [3.05, 3.63) is 89.6 Å². The van der Waals surface area contributed by atoms with Gasteiger partial charge in [0.05, 0.1) is 11.7 Å². The predicted octanol–water partition coefficient (Wildman–Crippen LogP) is 3.91. The standard InChI is InChI=1S/C22H22N2O2/c1-16-18(21-12-5-6-14-23-21)10-7-11-19(16)22(26)24-20(13-15-25)17-8-3-2-4-9-17/h2-12,14,20,25H,13,15H2,1H3,(H,24,26). The van der Waals surface area contributed by atoms with Gasteiger partial charge in [-0.25, -0.2) is 0 Å². The quantitative estimate of drug-likeness (QED) is 0.711. The van der Waals surface area contributed by atoms with Crippen molar-refractivity contribution >= 4 is 5.91 Å². The largest absolute Gasteiger partial charge is 0.396 e. The molecule has 0 spiro atoms. The van der Waals surface area contributed by atoms with E-state index in [4.69, 9.17) is 0 Å².